The van der Waals surface area contributed by atoms with Gasteiger partial charge in [0.15, 0.2) is 0 Å². The highest BCUT2D eigenvalue weighted by molar-refractivity contribution is 5.81. The number of ether oxygens (including phenoxy) is 2. The molecule has 2 aliphatic heterocycles. The van der Waals surface area contributed by atoms with Crippen LogP contribution >= 0.6 is 0 Å². The number of hydrogen-bond acceptors (Lipinski definition) is 7. The summed E-state index contributed by atoms with van der Waals surface area (Å²) in [6.07, 6.45) is 0.685. The average molecular weight is 334 g/mol. The Morgan fingerprint density at radius 1 is 1.25 bits per heavy atom. The molecule has 0 aliphatic carbocycles. The molecule has 0 N–H and O–H groups in total. The van der Waals surface area contributed by atoms with E-state index in [-0.39, 0.29) is 24.2 Å². The van der Waals surface area contributed by atoms with E-state index in [9.17, 15) is 19.7 Å². The second-order valence-corrected chi connectivity index (χ2v) is 5.89. The highest BCUT2D eigenvalue weighted by Gasteiger charge is 2.34. The fourth-order valence-electron chi connectivity index (χ4n) is 3.06. The van der Waals surface area contributed by atoms with Gasteiger partial charge >= 0.3 is 11.9 Å². The summed E-state index contributed by atoms with van der Waals surface area (Å²) < 4.78 is 10.0. The predicted octanol–water partition coefficient (Wildman–Crippen LogP) is 1.67. The molecule has 24 heavy (non-hydrogen) atoms. The van der Waals surface area contributed by atoms with Gasteiger partial charge in [-0.15, -0.1) is 0 Å². The zero-order valence-electron chi connectivity index (χ0n) is 13.1. The monoisotopic (exact) mass is 334 g/mol. The van der Waals surface area contributed by atoms with Gasteiger partial charge in [0.1, 0.15) is 5.69 Å². The number of anilines is 1. The standard InChI is InChI=1S/C16H18N2O6/c19-15(24-14-7-10-23-16(14)20)11-5-8-17(9-6-11)12-3-1-2-4-13(12)18(21)22/h1-4,11,14H,5-10H2/t14-/m1/s1. The van der Waals surface area contributed by atoms with Crippen molar-refractivity contribution in [3.63, 3.8) is 0 Å². The van der Waals surface area contributed by atoms with Crippen LogP contribution in [0.1, 0.15) is 19.3 Å². The van der Waals surface area contributed by atoms with E-state index < -0.39 is 17.0 Å². The van der Waals surface area contributed by atoms with Crippen LogP contribution in [-0.2, 0) is 19.1 Å². The van der Waals surface area contributed by atoms with Crippen molar-refractivity contribution < 1.29 is 24.0 Å². The van der Waals surface area contributed by atoms with Crippen LogP contribution < -0.4 is 4.90 Å². The lowest BCUT2D eigenvalue weighted by Gasteiger charge is -2.32. The molecular weight excluding hydrogens is 316 g/mol. The lowest BCUT2D eigenvalue weighted by atomic mass is 9.96. The molecule has 1 aromatic carbocycles. The van der Waals surface area contributed by atoms with Gasteiger partial charge in [0.25, 0.3) is 5.69 Å². The molecule has 0 radical (unpaired) electrons. The van der Waals surface area contributed by atoms with Crippen LogP contribution in [0.4, 0.5) is 11.4 Å². The number of nitro benzene ring substituents is 1. The molecular formula is C16H18N2O6. The Morgan fingerprint density at radius 3 is 2.58 bits per heavy atom. The van der Waals surface area contributed by atoms with E-state index in [1.807, 2.05) is 4.90 Å². The molecule has 128 valence electrons. The number of rotatable bonds is 4. The number of hydrogen-bond donors (Lipinski definition) is 0. The Kier molecular flexibility index (Phi) is 4.64. The van der Waals surface area contributed by atoms with Gasteiger partial charge in [0.05, 0.1) is 17.4 Å². The van der Waals surface area contributed by atoms with Gasteiger partial charge in [0, 0.05) is 25.6 Å². The third kappa shape index (κ3) is 3.32. The lowest BCUT2D eigenvalue weighted by molar-refractivity contribution is -0.384. The topological polar surface area (TPSA) is 99.0 Å². The number of cyclic esters (lactones) is 1. The van der Waals surface area contributed by atoms with E-state index in [1.54, 1.807) is 18.2 Å². The normalized spacial score (nSPS) is 21.4. The summed E-state index contributed by atoms with van der Waals surface area (Å²) in [5.41, 5.74) is 0.626. The molecule has 0 saturated carbocycles. The van der Waals surface area contributed by atoms with Crippen LogP contribution in [0.25, 0.3) is 0 Å². The summed E-state index contributed by atoms with van der Waals surface area (Å²) in [4.78, 5) is 36.1. The Balaban J connectivity index is 1.59. The van der Waals surface area contributed by atoms with Crippen LogP contribution in [0.3, 0.4) is 0 Å². The molecule has 2 heterocycles. The van der Waals surface area contributed by atoms with E-state index in [1.165, 1.54) is 6.07 Å². The largest absolute Gasteiger partial charge is 0.463 e. The molecule has 1 aromatic rings. The number of piperidine rings is 1. The number of esters is 2. The van der Waals surface area contributed by atoms with Crippen molar-refractivity contribution in [2.45, 2.75) is 25.4 Å². The van der Waals surface area contributed by atoms with Crippen molar-refractivity contribution >= 4 is 23.3 Å². The SMILES string of the molecule is O=C(O[C@@H]1CCOC1=O)C1CCN(c2ccccc2[N+](=O)[O-])CC1. The van der Waals surface area contributed by atoms with Crippen molar-refractivity contribution in [3.8, 4) is 0 Å². The molecule has 0 amide bonds. The fourth-order valence-corrected chi connectivity index (χ4v) is 3.06. The minimum atomic E-state index is -0.786. The summed E-state index contributed by atoms with van der Waals surface area (Å²) in [6.45, 7) is 1.34. The molecule has 8 heteroatoms. The number of para-hydroxylation sites is 2. The zero-order chi connectivity index (χ0) is 17.1. The molecule has 0 aromatic heterocycles. The second-order valence-electron chi connectivity index (χ2n) is 5.89. The van der Waals surface area contributed by atoms with E-state index >= 15 is 0 Å². The number of carbonyl (C=O) groups excluding carboxylic acids is 2. The molecule has 2 saturated heterocycles. The van der Waals surface area contributed by atoms with Gasteiger partial charge in [-0.25, -0.2) is 4.79 Å². The fraction of sp³-hybridized carbons (Fsp3) is 0.500. The van der Waals surface area contributed by atoms with Gasteiger partial charge in [-0.3, -0.25) is 14.9 Å². The summed E-state index contributed by atoms with van der Waals surface area (Å²) in [5, 5.41) is 11.1. The second kappa shape index (κ2) is 6.86. The van der Waals surface area contributed by atoms with E-state index in [2.05, 4.69) is 0 Å². The first-order valence-corrected chi connectivity index (χ1v) is 7.92. The summed E-state index contributed by atoms with van der Waals surface area (Å²) >= 11 is 0. The van der Waals surface area contributed by atoms with E-state index in [4.69, 9.17) is 9.47 Å². The van der Waals surface area contributed by atoms with Crippen molar-refractivity contribution in [2.24, 2.45) is 5.92 Å². The van der Waals surface area contributed by atoms with Crippen molar-refractivity contribution in [1.82, 2.24) is 0 Å². The van der Waals surface area contributed by atoms with Gasteiger partial charge in [-0.05, 0) is 18.9 Å². The maximum Gasteiger partial charge on any atom is 0.347 e. The minimum Gasteiger partial charge on any atom is -0.463 e. The summed E-state index contributed by atoms with van der Waals surface area (Å²) in [6, 6.07) is 6.58. The number of carbonyl (C=O) groups is 2. The van der Waals surface area contributed by atoms with Crippen molar-refractivity contribution in [3.05, 3.63) is 34.4 Å². The summed E-state index contributed by atoms with van der Waals surface area (Å²) in [7, 11) is 0. The van der Waals surface area contributed by atoms with Crippen LogP contribution in [0.5, 0.6) is 0 Å². The third-order valence-electron chi connectivity index (χ3n) is 4.39. The summed E-state index contributed by atoms with van der Waals surface area (Å²) in [5.74, 6) is -1.17. The van der Waals surface area contributed by atoms with E-state index in [0.717, 1.165) is 0 Å². The first-order chi connectivity index (χ1) is 11.6. The zero-order valence-corrected chi connectivity index (χ0v) is 13.1. The average Bonchev–Trinajstić information content (AvgIpc) is 3.00. The Bertz CT molecular complexity index is 654. The first kappa shape index (κ1) is 16.2. The van der Waals surface area contributed by atoms with Crippen molar-refractivity contribution in [1.29, 1.82) is 0 Å². The van der Waals surface area contributed by atoms with Gasteiger partial charge in [-0.1, -0.05) is 12.1 Å². The maximum absolute atomic E-state index is 12.2. The van der Waals surface area contributed by atoms with Gasteiger partial charge < -0.3 is 14.4 Å². The van der Waals surface area contributed by atoms with Crippen LogP contribution in [0, 0.1) is 16.0 Å². The smallest absolute Gasteiger partial charge is 0.347 e. The number of nitrogens with zero attached hydrogens (tertiary/aromatic N) is 2. The maximum atomic E-state index is 12.2. The Labute approximate surface area is 138 Å². The van der Waals surface area contributed by atoms with Crippen LogP contribution in [0.2, 0.25) is 0 Å². The molecule has 2 fully saturated rings. The third-order valence-corrected chi connectivity index (χ3v) is 4.39. The quantitative estimate of drug-likeness (QED) is 0.469. The molecule has 0 bridgehead atoms. The van der Waals surface area contributed by atoms with Gasteiger partial charge in [0.2, 0.25) is 6.10 Å². The molecule has 0 unspecified atom stereocenters. The molecule has 2 aliphatic rings. The first-order valence-electron chi connectivity index (χ1n) is 7.92. The predicted molar refractivity (Wildman–Crippen MR) is 83.5 cm³/mol. The Hall–Kier alpha value is -2.64. The molecule has 0 spiro atoms. The highest BCUT2D eigenvalue weighted by Crippen LogP contribution is 2.31. The highest BCUT2D eigenvalue weighted by atomic mass is 16.6. The Morgan fingerprint density at radius 2 is 1.96 bits per heavy atom. The van der Waals surface area contributed by atoms with Gasteiger partial charge in [-0.2, -0.15) is 0 Å². The minimum absolute atomic E-state index is 0.0622. The number of benzene rings is 1. The van der Waals surface area contributed by atoms with Crippen LogP contribution in [-0.4, -0.2) is 42.7 Å². The molecule has 8 nitrogen and oxygen atoms in total. The van der Waals surface area contributed by atoms with Crippen molar-refractivity contribution in [2.75, 3.05) is 24.6 Å². The number of nitro groups is 1. The molecule has 3 rings (SSSR count). The van der Waals surface area contributed by atoms with Crippen LogP contribution in [0.15, 0.2) is 24.3 Å². The molecule has 1 atom stereocenters. The van der Waals surface area contributed by atoms with E-state index in [0.29, 0.717) is 38.0 Å². The lowest BCUT2D eigenvalue weighted by Crippen LogP contribution is -2.38.